The van der Waals surface area contributed by atoms with Crippen molar-refractivity contribution < 1.29 is 29.1 Å². The molecule has 0 saturated carbocycles. The topological polar surface area (TPSA) is 194 Å². The van der Waals surface area contributed by atoms with Gasteiger partial charge in [0.1, 0.15) is 18.1 Å². The summed E-state index contributed by atoms with van der Waals surface area (Å²) < 4.78 is 0. The molecule has 0 saturated heterocycles. The number of carbonyl (C=O) groups excluding carboxylic acids is 4. The second kappa shape index (κ2) is 15.6. The van der Waals surface area contributed by atoms with Gasteiger partial charge in [-0.25, -0.2) is 4.79 Å². The lowest BCUT2D eigenvalue weighted by atomic mass is 9.98. The fraction of sp³-hybridized carbons (Fsp3) is 0.577. The molecule has 8 N–H and O–H groups in total. The number of hydrogen-bond acceptors (Lipinski definition) is 6. The Morgan fingerprint density at radius 1 is 0.865 bits per heavy atom. The van der Waals surface area contributed by atoms with E-state index in [4.69, 9.17) is 11.5 Å². The second-order valence-electron chi connectivity index (χ2n) is 9.76. The average Bonchev–Trinajstić information content (AvgIpc) is 2.84. The lowest BCUT2D eigenvalue weighted by molar-refractivity contribution is -0.143. The molecule has 11 nitrogen and oxygen atoms in total. The molecule has 11 heteroatoms. The van der Waals surface area contributed by atoms with Gasteiger partial charge in [-0.2, -0.15) is 0 Å². The summed E-state index contributed by atoms with van der Waals surface area (Å²) in [7, 11) is 0. The van der Waals surface area contributed by atoms with E-state index < -0.39 is 53.8 Å². The summed E-state index contributed by atoms with van der Waals surface area (Å²) in [4.78, 5) is 62.1. The van der Waals surface area contributed by atoms with Crippen LogP contribution in [0.1, 0.15) is 58.9 Å². The van der Waals surface area contributed by atoms with E-state index in [0.29, 0.717) is 6.42 Å². The molecule has 206 valence electrons. The predicted molar refractivity (Wildman–Crippen MR) is 139 cm³/mol. The number of amides is 4. The molecule has 0 spiro atoms. The maximum absolute atomic E-state index is 13.3. The minimum Gasteiger partial charge on any atom is -0.480 e. The van der Waals surface area contributed by atoms with Crippen molar-refractivity contribution in [1.82, 2.24) is 16.0 Å². The van der Waals surface area contributed by atoms with Crippen LogP contribution in [0.4, 0.5) is 0 Å². The van der Waals surface area contributed by atoms with E-state index in [-0.39, 0.29) is 37.5 Å². The molecule has 0 aliphatic carbocycles. The largest absolute Gasteiger partial charge is 0.480 e. The highest BCUT2D eigenvalue weighted by Gasteiger charge is 2.31. The molecular formula is C26H41N5O6. The van der Waals surface area contributed by atoms with Gasteiger partial charge in [-0.05, 0) is 30.2 Å². The molecule has 0 heterocycles. The predicted octanol–water partition coefficient (Wildman–Crippen LogP) is 0.453. The van der Waals surface area contributed by atoms with Gasteiger partial charge in [0.15, 0.2) is 0 Å². The molecule has 5 unspecified atom stereocenters. The van der Waals surface area contributed by atoms with Crippen LogP contribution in [0.2, 0.25) is 0 Å². The Labute approximate surface area is 218 Å². The van der Waals surface area contributed by atoms with Crippen molar-refractivity contribution in [2.45, 2.75) is 84.0 Å². The van der Waals surface area contributed by atoms with Crippen LogP contribution in [0, 0.1) is 11.8 Å². The van der Waals surface area contributed by atoms with E-state index in [1.54, 1.807) is 24.3 Å². The number of rotatable bonds is 16. The molecule has 0 aromatic heterocycles. The molecule has 1 aromatic carbocycles. The van der Waals surface area contributed by atoms with Gasteiger partial charge in [0.2, 0.25) is 23.6 Å². The van der Waals surface area contributed by atoms with E-state index in [2.05, 4.69) is 16.0 Å². The van der Waals surface area contributed by atoms with E-state index >= 15 is 0 Å². The highest BCUT2D eigenvalue weighted by molar-refractivity contribution is 5.94. The highest BCUT2D eigenvalue weighted by atomic mass is 16.4. The van der Waals surface area contributed by atoms with Gasteiger partial charge in [0, 0.05) is 12.8 Å². The summed E-state index contributed by atoms with van der Waals surface area (Å²) in [6, 6.07) is 4.67. The second-order valence-corrected chi connectivity index (χ2v) is 9.76. The molecule has 0 fully saturated rings. The van der Waals surface area contributed by atoms with Gasteiger partial charge in [-0.15, -0.1) is 0 Å². The van der Waals surface area contributed by atoms with Crippen LogP contribution in [0.5, 0.6) is 0 Å². The minimum absolute atomic E-state index is 0.0137. The number of nitrogens with two attached hydrogens (primary N) is 2. The Morgan fingerprint density at radius 2 is 1.41 bits per heavy atom. The zero-order valence-electron chi connectivity index (χ0n) is 22.0. The van der Waals surface area contributed by atoms with Crippen molar-refractivity contribution in [2.24, 2.45) is 23.3 Å². The molecule has 0 bridgehead atoms. The molecule has 1 aromatic rings. The Balaban J connectivity index is 3.15. The third-order valence-electron chi connectivity index (χ3n) is 6.11. The summed E-state index contributed by atoms with van der Waals surface area (Å²) in [5.41, 5.74) is 12.1. The number of primary amides is 1. The number of hydrogen-bond donors (Lipinski definition) is 6. The molecular weight excluding hydrogens is 478 g/mol. The third-order valence-corrected chi connectivity index (χ3v) is 6.11. The van der Waals surface area contributed by atoms with E-state index in [1.807, 2.05) is 33.8 Å². The molecule has 5 atom stereocenters. The zero-order valence-corrected chi connectivity index (χ0v) is 22.0. The zero-order chi connectivity index (χ0) is 28.1. The third kappa shape index (κ3) is 11.4. The van der Waals surface area contributed by atoms with E-state index in [0.717, 1.165) is 5.56 Å². The molecule has 1 rings (SSSR count). The Kier molecular flexibility index (Phi) is 13.3. The lowest BCUT2D eigenvalue weighted by Gasteiger charge is -2.26. The molecule has 4 amide bonds. The summed E-state index contributed by atoms with van der Waals surface area (Å²) in [6.07, 6.45) is 0.619. The Hall–Kier alpha value is -3.47. The van der Waals surface area contributed by atoms with Gasteiger partial charge in [-0.1, -0.05) is 64.4 Å². The first-order chi connectivity index (χ1) is 17.3. The Bertz CT molecular complexity index is 923. The van der Waals surface area contributed by atoms with Crippen molar-refractivity contribution in [3.8, 4) is 0 Å². The molecule has 0 aliphatic rings. The van der Waals surface area contributed by atoms with Crippen molar-refractivity contribution >= 4 is 29.6 Å². The first kappa shape index (κ1) is 31.6. The first-order valence-electron chi connectivity index (χ1n) is 12.6. The number of aliphatic carboxylic acids is 1. The van der Waals surface area contributed by atoms with Gasteiger partial charge in [0.05, 0.1) is 6.04 Å². The highest BCUT2D eigenvalue weighted by Crippen LogP contribution is 2.10. The maximum Gasteiger partial charge on any atom is 0.326 e. The Morgan fingerprint density at radius 3 is 1.92 bits per heavy atom. The fourth-order valence-electron chi connectivity index (χ4n) is 3.63. The van der Waals surface area contributed by atoms with Crippen molar-refractivity contribution in [1.29, 1.82) is 0 Å². The van der Waals surface area contributed by atoms with Crippen LogP contribution >= 0.6 is 0 Å². The first-order valence-corrected chi connectivity index (χ1v) is 12.6. The van der Waals surface area contributed by atoms with Crippen LogP contribution in [-0.4, -0.2) is 58.9 Å². The molecule has 0 aliphatic heterocycles. The number of carbonyl (C=O) groups is 5. The van der Waals surface area contributed by atoms with Crippen molar-refractivity contribution in [3.05, 3.63) is 35.9 Å². The number of carboxylic acids is 1. The normalized spacial score (nSPS) is 15.1. The molecule has 0 radical (unpaired) electrons. The summed E-state index contributed by atoms with van der Waals surface area (Å²) in [5.74, 6) is -3.97. The quantitative estimate of drug-likeness (QED) is 0.182. The summed E-state index contributed by atoms with van der Waals surface area (Å²) >= 11 is 0. The summed E-state index contributed by atoms with van der Waals surface area (Å²) in [6.45, 7) is 7.36. The van der Waals surface area contributed by atoms with Crippen LogP contribution in [0.3, 0.4) is 0 Å². The maximum atomic E-state index is 13.3. The van der Waals surface area contributed by atoms with Crippen LogP contribution in [-0.2, 0) is 30.4 Å². The van der Waals surface area contributed by atoms with Crippen LogP contribution in [0.25, 0.3) is 0 Å². The number of carboxylic acid groups (broad SMARTS) is 1. The SMILES string of the molecule is CCC(C)C(N)C(=O)NC(Cc1ccccc1)C(=O)NC(CCC(N)=O)C(=O)NC(CC(C)C)C(=O)O. The number of benzene rings is 1. The summed E-state index contributed by atoms with van der Waals surface area (Å²) in [5, 5.41) is 17.2. The van der Waals surface area contributed by atoms with Crippen LogP contribution < -0.4 is 27.4 Å². The van der Waals surface area contributed by atoms with Gasteiger partial charge >= 0.3 is 5.97 Å². The van der Waals surface area contributed by atoms with Crippen molar-refractivity contribution in [2.75, 3.05) is 0 Å². The smallest absolute Gasteiger partial charge is 0.326 e. The minimum atomic E-state index is -1.24. The van der Waals surface area contributed by atoms with Gasteiger partial charge < -0.3 is 32.5 Å². The average molecular weight is 520 g/mol. The number of nitrogens with one attached hydrogen (secondary N) is 3. The van der Waals surface area contributed by atoms with Gasteiger partial charge in [-0.3, -0.25) is 19.2 Å². The van der Waals surface area contributed by atoms with Gasteiger partial charge in [0.25, 0.3) is 0 Å². The van der Waals surface area contributed by atoms with E-state index in [1.165, 1.54) is 0 Å². The fourth-order valence-corrected chi connectivity index (χ4v) is 3.63. The molecule has 37 heavy (non-hydrogen) atoms. The van der Waals surface area contributed by atoms with Crippen LogP contribution in [0.15, 0.2) is 30.3 Å². The lowest BCUT2D eigenvalue weighted by Crippen LogP contribution is -2.58. The van der Waals surface area contributed by atoms with E-state index in [9.17, 15) is 29.1 Å². The monoisotopic (exact) mass is 519 g/mol. The standard InChI is InChI=1S/C26H41N5O6/c1-5-16(4)22(28)25(35)30-19(14-17-9-7-6-8-10-17)24(34)29-18(11-12-21(27)32)23(33)31-20(26(36)37)13-15(2)3/h6-10,15-16,18-20,22H,5,11-14,28H2,1-4H3,(H2,27,32)(H,29,34)(H,30,35)(H,31,33)(H,36,37). The van der Waals surface area contributed by atoms with Crippen molar-refractivity contribution in [3.63, 3.8) is 0 Å².